The minimum Gasteiger partial charge on any atom is -0.464 e. The van der Waals surface area contributed by atoms with Crippen molar-refractivity contribution in [3.8, 4) is 0 Å². The highest BCUT2D eigenvalue weighted by atomic mass is 16.5. The summed E-state index contributed by atoms with van der Waals surface area (Å²) >= 11 is 0. The second-order valence-corrected chi connectivity index (χ2v) is 6.01. The van der Waals surface area contributed by atoms with Gasteiger partial charge in [-0.15, -0.1) is 0 Å². The Hall–Kier alpha value is -2.10. The molecule has 1 heterocycles. The number of fused-ring (bicyclic) bond motifs is 1. The lowest BCUT2D eigenvalue weighted by Gasteiger charge is -2.20. The molecule has 1 aliphatic rings. The molecule has 1 aliphatic carbocycles. The predicted molar refractivity (Wildman–Crippen MR) is 82.7 cm³/mol. The highest BCUT2D eigenvalue weighted by molar-refractivity contribution is 5.90. The van der Waals surface area contributed by atoms with Crippen LogP contribution >= 0.6 is 0 Å². The molecule has 1 aromatic carbocycles. The topological polar surface area (TPSA) is 56.5 Å². The standard InChI is InChI=1S/C18H20O4/c1-11-7-8-14-13(10-21-18(14)12(11)2)9-17(20)22-16-6-4-3-5-15(16)19/h7-8,10,16H,3-6,9H2,1-2H3/t16-/m0/s1. The summed E-state index contributed by atoms with van der Waals surface area (Å²) in [5, 5.41) is 0.940. The normalized spacial score (nSPS) is 18.6. The summed E-state index contributed by atoms with van der Waals surface area (Å²) in [5.41, 5.74) is 3.87. The fraction of sp³-hybridized carbons (Fsp3) is 0.444. The SMILES string of the molecule is Cc1ccc2c(CC(=O)O[C@H]3CCCCC3=O)coc2c1C. The minimum absolute atomic E-state index is 0.0446. The van der Waals surface area contributed by atoms with Gasteiger partial charge in [-0.25, -0.2) is 0 Å². The molecular formula is C18H20O4. The molecule has 3 rings (SSSR count). The van der Waals surface area contributed by atoms with E-state index in [4.69, 9.17) is 9.15 Å². The molecule has 1 fully saturated rings. The van der Waals surface area contributed by atoms with Gasteiger partial charge in [-0.2, -0.15) is 0 Å². The third-order valence-corrected chi connectivity index (χ3v) is 4.45. The molecule has 0 aliphatic heterocycles. The summed E-state index contributed by atoms with van der Waals surface area (Å²) in [6.45, 7) is 4.03. The monoisotopic (exact) mass is 300 g/mol. The van der Waals surface area contributed by atoms with E-state index in [1.165, 1.54) is 0 Å². The highest BCUT2D eigenvalue weighted by Gasteiger charge is 2.26. The zero-order chi connectivity index (χ0) is 15.7. The molecular weight excluding hydrogens is 280 g/mol. The Morgan fingerprint density at radius 1 is 1.32 bits per heavy atom. The van der Waals surface area contributed by atoms with Gasteiger partial charge in [0.15, 0.2) is 11.9 Å². The molecule has 1 saturated carbocycles. The molecule has 0 unspecified atom stereocenters. The predicted octanol–water partition coefficient (Wildman–Crippen LogP) is 3.65. The van der Waals surface area contributed by atoms with Crippen molar-refractivity contribution < 1.29 is 18.7 Å². The first-order valence-corrected chi connectivity index (χ1v) is 7.74. The van der Waals surface area contributed by atoms with Crippen LogP contribution in [-0.2, 0) is 20.7 Å². The summed E-state index contributed by atoms with van der Waals surface area (Å²) in [4.78, 5) is 23.8. The van der Waals surface area contributed by atoms with Crippen LogP contribution in [-0.4, -0.2) is 17.9 Å². The molecule has 2 aromatic rings. The summed E-state index contributed by atoms with van der Waals surface area (Å²) in [6.07, 6.45) is 4.21. The number of rotatable bonds is 3. The van der Waals surface area contributed by atoms with E-state index < -0.39 is 6.10 Å². The highest BCUT2D eigenvalue weighted by Crippen LogP contribution is 2.27. The number of hydrogen-bond donors (Lipinski definition) is 0. The summed E-state index contributed by atoms with van der Waals surface area (Å²) < 4.78 is 10.9. The van der Waals surface area contributed by atoms with Gasteiger partial charge in [0.1, 0.15) is 5.58 Å². The van der Waals surface area contributed by atoms with Gasteiger partial charge in [-0.3, -0.25) is 9.59 Å². The first kappa shape index (κ1) is 14.8. The molecule has 116 valence electrons. The van der Waals surface area contributed by atoms with Crippen molar-refractivity contribution >= 4 is 22.7 Å². The molecule has 0 radical (unpaired) electrons. The van der Waals surface area contributed by atoms with Crippen LogP contribution < -0.4 is 0 Å². The Balaban J connectivity index is 1.74. The van der Waals surface area contributed by atoms with E-state index in [-0.39, 0.29) is 18.2 Å². The first-order chi connectivity index (χ1) is 10.6. The third-order valence-electron chi connectivity index (χ3n) is 4.45. The van der Waals surface area contributed by atoms with Gasteiger partial charge in [0.05, 0.1) is 12.7 Å². The number of hydrogen-bond acceptors (Lipinski definition) is 4. The third kappa shape index (κ3) is 2.78. The summed E-state index contributed by atoms with van der Waals surface area (Å²) in [5.74, 6) is -0.315. The summed E-state index contributed by atoms with van der Waals surface area (Å²) in [7, 11) is 0. The van der Waals surface area contributed by atoms with Crippen molar-refractivity contribution in [2.24, 2.45) is 0 Å². The number of furan rings is 1. The van der Waals surface area contributed by atoms with Gasteiger partial charge < -0.3 is 9.15 Å². The summed E-state index contributed by atoms with van der Waals surface area (Å²) in [6, 6.07) is 3.99. The van der Waals surface area contributed by atoms with Crippen LogP contribution in [0.3, 0.4) is 0 Å². The van der Waals surface area contributed by atoms with Crippen LogP contribution in [0.4, 0.5) is 0 Å². The maximum Gasteiger partial charge on any atom is 0.311 e. The van der Waals surface area contributed by atoms with Gasteiger partial charge in [0.25, 0.3) is 0 Å². The average molecular weight is 300 g/mol. The van der Waals surface area contributed by atoms with Crippen molar-refractivity contribution in [1.82, 2.24) is 0 Å². The average Bonchev–Trinajstić information content (AvgIpc) is 2.89. The maximum atomic E-state index is 12.1. The van der Waals surface area contributed by atoms with E-state index in [0.29, 0.717) is 12.8 Å². The van der Waals surface area contributed by atoms with Crippen LogP contribution in [0.25, 0.3) is 11.0 Å². The molecule has 4 nitrogen and oxygen atoms in total. The number of ketones is 1. The lowest BCUT2D eigenvalue weighted by atomic mass is 9.96. The van der Waals surface area contributed by atoms with Crippen molar-refractivity contribution in [2.45, 2.75) is 52.1 Å². The Morgan fingerprint density at radius 2 is 2.14 bits per heavy atom. The fourth-order valence-electron chi connectivity index (χ4n) is 2.96. The van der Waals surface area contributed by atoms with Crippen LogP contribution in [0.2, 0.25) is 0 Å². The van der Waals surface area contributed by atoms with Crippen LogP contribution in [0.1, 0.15) is 42.4 Å². The van der Waals surface area contributed by atoms with E-state index in [0.717, 1.165) is 40.5 Å². The molecule has 1 atom stereocenters. The molecule has 0 saturated heterocycles. The van der Waals surface area contributed by atoms with Crippen molar-refractivity contribution in [3.63, 3.8) is 0 Å². The number of benzene rings is 1. The van der Waals surface area contributed by atoms with Gasteiger partial charge in [0.2, 0.25) is 0 Å². The molecule has 0 amide bonds. The van der Waals surface area contributed by atoms with Gasteiger partial charge in [-0.1, -0.05) is 12.1 Å². The zero-order valence-corrected chi connectivity index (χ0v) is 13.0. The smallest absolute Gasteiger partial charge is 0.311 e. The van der Waals surface area contributed by atoms with E-state index in [9.17, 15) is 9.59 Å². The second-order valence-electron chi connectivity index (χ2n) is 6.01. The Morgan fingerprint density at radius 3 is 2.91 bits per heavy atom. The van der Waals surface area contributed by atoms with Crippen LogP contribution in [0.15, 0.2) is 22.8 Å². The molecule has 1 aromatic heterocycles. The second kappa shape index (κ2) is 5.95. The molecule has 0 spiro atoms. The number of carbonyl (C=O) groups excluding carboxylic acids is 2. The van der Waals surface area contributed by atoms with Crippen LogP contribution in [0.5, 0.6) is 0 Å². The van der Waals surface area contributed by atoms with Gasteiger partial charge >= 0.3 is 5.97 Å². The first-order valence-electron chi connectivity index (χ1n) is 7.74. The Kier molecular flexibility index (Phi) is 4.01. The quantitative estimate of drug-likeness (QED) is 0.812. The van der Waals surface area contributed by atoms with Gasteiger partial charge in [-0.05, 0) is 44.2 Å². The lowest BCUT2D eigenvalue weighted by molar-refractivity contribution is -0.156. The lowest BCUT2D eigenvalue weighted by Crippen LogP contribution is -2.30. The largest absolute Gasteiger partial charge is 0.464 e. The van der Waals surface area contributed by atoms with Gasteiger partial charge in [0, 0.05) is 17.4 Å². The van der Waals surface area contributed by atoms with E-state index in [1.807, 2.05) is 26.0 Å². The zero-order valence-electron chi connectivity index (χ0n) is 13.0. The minimum atomic E-state index is -0.552. The molecule has 0 bridgehead atoms. The molecule has 22 heavy (non-hydrogen) atoms. The Bertz CT molecular complexity index is 726. The van der Waals surface area contributed by atoms with Crippen molar-refractivity contribution in [3.05, 3.63) is 35.1 Å². The Labute approximate surface area is 129 Å². The van der Waals surface area contributed by atoms with E-state index in [1.54, 1.807) is 6.26 Å². The fourth-order valence-corrected chi connectivity index (χ4v) is 2.96. The van der Waals surface area contributed by atoms with Crippen LogP contribution in [0, 0.1) is 13.8 Å². The maximum absolute atomic E-state index is 12.1. The molecule has 4 heteroatoms. The number of Topliss-reactive ketones (excluding diaryl/α,β-unsaturated/α-hetero) is 1. The van der Waals surface area contributed by atoms with E-state index >= 15 is 0 Å². The number of esters is 1. The van der Waals surface area contributed by atoms with Crippen molar-refractivity contribution in [1.29, 1.82) is 0 Å². The number of carbonyl (C=O) groups is 2. The van der Waals surface area contributed by atoms with Crippen molar-refractivity contribution in [2.75, 3.05) is 0 Å². The molecule has 0 N–H and O–H groups in total. The number of aryl methyl sites for hydroxylation is 2. The van der Waals surface area contributed by atoms with E-state index in [2.05, 4.69) is 0 Å². The number of ether oxygens (including phenoxy) is 1.